The van der Waals surface area contributed by atoms with Gasteiger partial charge in [-0.2, -0.15) is 0 Å². The zero-order valence-electron chi connectivity index (χ0n) is 12.8. The Morgan fingerprint density at radius 1 is 1.24 bits per heavy atom. The quantitative estimate of drug-likeness (QED) is 0.623. The topological polar surface area (TPSA) is 70.4 Å². The van der Waals surface area contributed by atoms with Crippen molar-refractivity contribution in [3.8, 4) is 0 Å². The standard InChI is InChI=1S/C15H24N4O2/c1-3-16-13-8-14(10-15(9-13)19(20)21)17-11-12-4-6-18(2)7-5-12/h8-10,12,16-17H,3-7,11H2,1-2H3. The summed E-state index contributed by atoms with van der Waals surface area (Å²) in [4.78, 5) is 13.0. The number of anilines is 2. The van der Waals surface area contributed by atoms with Crippen LogP contribution in [0.15, 0.2) is 18.2 Å². The number of hydrogen-bond donors (Lipinski definition) is 2. The van der Waals surface area contributed by atoms with Gasteiger partial charge in [-0.1, -0.05) is 0 Å². The van der Waals surface area contributed by atoms with Crippen molar-refractivity contribution in [2.24, 2.45) is 5.92 Å². The largest absolute Gasteiger partial charge is 0.385 e. The summed E-state index contributed by atoms with van der Waals surface area (Å²) in [5.41, 5.74) is 1.73. The zero-order valence-corrected chi connectivity index (χ0v) is 12.8. The molecule has 1 aliphatic heterocycles. The van der Waals surface area contributed by atoms with Crippen LogP contribution in [0.1, 0.15) is 19.8 Å². The number of nitrogens with zero attached hydrogens (tertiary/aromatic N) is 2. The maximum absolute atomic E-state index is 11.0. The summed E-state index contributed by atoms with van der Waals surface area (Å²) < 4.78 is 0. The molecule has 0 aromatic heterocycles. The first-order valence-corrected chi connectivity index (χ1v) is 7.54. The van der Waals surface area contributed by atoms with Crippen LogP contribution in [-0.2, 0) is 0 Å². The van der Waals surface area contributed by atoms with Crippen molar-refractivity contribution < 1.29 is 4.92 Å². The minimum absolute atomic E-state index is 0.124. The molecule has 116 valence electrons. The van der Waals surface area contributed by atoms with Crippen LogP contribution in [0, 0.1) is 16.0 Å². The predicted molar refractivity (Wildman–Crippen MR) is 86.0 cm³/mol. The number of non-ortho nitro benzene ring substituents is 1. The lowest BCUT2D eigenvalue weighted by Gasteiger charge is -2.29. The van der Waals surface area contributed by atoms with Crippen molar-refractivity contribution in [2.75, 3.05) is 43.9 Å². The number of piperidine rings is 1. The van der Waals surface area contributed by atoms with Gasteiger partial charge in [0.1, 0.15) is 0 Å². The first-order chi connectivity index (χ1) is 10.1. The van der Waals surface area contributed by atoms with Crippen molar-refractivity contribution in [2.45, 2.75) is 19.8 Å². The summed E-state index contributed by atoms with van der Waals surface area (Å²) in [6.45, 7) is 5.86. The lowest BCUT2D eigenvalue weighted by Crippen LogP contribution is -2.32. The first-order valence-electron chi connectivity index (χ1n) is 7.54. The van der Waals surface area contributed by atoms with Crippen LogP contribution < -0.4 is 10.6 Å². The molecule has 0 radical (unpaired) electrons. The van der Waals surface area contributed by atoms with Crippen LogP contribution in [0.25, 0.3) is 0 Å². The van der Waals surface area contributed by atoms with Crippen LogP contribution in [0.2, 0.25) is 0 Å². The second kappa shape index (κ2) is 7.26. The van der Waals surface area contributed by atoms with Gasteiger partial charge in [0.25, 0.3) is 5.69 Å². The van der Waals surface area contributed by atoms with Crippen LogP contribution in [-0.4, -0.2) is 43.0 Å². The van der Waals surface area contributed by atoms with Crippen molar-refractivity contribution in [1.82, 2.24) is 4.90 Å². The highest BCUT2D eigenvalue weighted by Gasteiger charge is 2.17. The van der Waals surface area contributed by atoms with Gasteiger partial charge < -0.3 is 15.5 Å². The highest BCUT2D eigenvalue weighted by atomic mass is 16.6. The Morgan fingerprint density at radius 3 is 2.43 bits per heavy atom. The third-order valence-corrected chi connectivity index (χ3v) is 3.94. The van der Waals surface area contributed by atoms with Gasteiger partial charge in [0.15, 0.2) is 0 Å². The van der Waals surface area contributed by atoms with Gasteiger partial charge in [0.05, 0.1) is 4.92 Å². The lowest BCUT2D eigenvalue weighted by molar-refractivity contribution is -0.384. The Morgan fingerprint density at radius 2 is 1.86 bits per heavy atom. The molecule has 1 aliphatic rings. The second-order valence-corrected chi connectivity index (χ2v) is 5.68. The molecule has 0 saturated carbocycles. The van der Waals surface area contributed by atoms with Crippen molar-refractivity contribution in [3.63, 3.8) is 0 Å². The molecule has 1 aromatic carbocycles. The second-order valence-electron chi connectivity index (χ2n) is 5.68. The van der Waals surface area contributed by atoms with E-state index in [1.807, 2.05) is 13.0 Å². The van der Waals surface area contributed by atoms with Gasteiger partial charge in [0, 0.05) is 36.6 Å². The van der Waals surface area contributed by atoms with Gasteiger partial charge in [-0.05, 0) is 51.9 Å². The van der Waals surface area contributed by atoms with E-state index in [2.05, 4.69) is 22.6 Å². The van der Waals surface area contributed by atoms with E-state index in [1.54, 1.807) is 12.1 Å². The third kappa shape index (κ3) is 4.60. The fourth-order valence-electron chi connectivity index (χ4n) is 2.65. The van der Waals surface area contributed by atoms with Gasteiger partial charge in [0.2, 0.25) is 0 Å². The third-order valence-electron chi connectivity index (χ3n) is 3.94. The summed E-state index contributed by atoms with van der Waals surface area (Å²) in [5, 5.41) is 17.5. The van der Waals surface area contributed by atoms with Crippen molar-refractivity contribution >= 4 is 17.1 Å². The minimum atomic E-state index is -0.346. The van der Waals surface area contributed by atoms with Crippen LogP contribution >= 0.6 is 0 Å². The van der Waals surface area contributed by atoms with E-state index in [-0.39, 0.29) is 10.6 Å². The highest BCUT2D eigenvalue weighted by Crippen LogP contribution is 2.25. The highest BCUT2D eigenvalue weighted by molar-refractivity contribution is 5.63. The Balaban J connectivity index is 1.99. The number of nitrogens with one attached hydrogen (secondary N) is 2. The van der Waals surface area contributed by atoms with Crippen LogP contribution in [0.5, 0.6) is 0 Å². The number of benzene rings is 1. The lowest BCUT2D eigenvalue weighted by atomic mass is 9.97. The molecule has 1 saturated heterocycles. The van der Waals surface area contributed by atoms with Gasteiger partial charge in [-0.3, -0.25) is 10.1 Å². The summed E-state index contributed by atoms with van der Waals surface area (Å²) in [6.07, 6.45) is 2.36. The van der Waals surface area contributed by atoms with E-state index in [0.717, 1.165) is 37.6 Å². The zero-order chi connectivity index (χ0) is 15.2. The van der Waals surface area contributed by atoms with E-state index >= 15 is 0 Å². The smallest absolute Gasteiger partial charge is 0.273 e. The molecule has 1 heterocycles. The SMILES string of the molecule is CCNc1cc(NCC2CCN(C)CC2)cc([N+](=O)[O-])c1. The van der Waals surface area contributed by atoms with Crippen LogP contribution in [0.3, 0.4) is 0 Å². The van der Waals surface area contributed by atoms with E-state index in [9.17, 15) is 10.1 Å². The molecule has 1 fully saturated rings. The summed E-state index contributed by atoms with van der Waals surface area (Å²) in [6, 6.07) is 5.12. The molecule has 0 bridgehead atoms. The van der Waals surface area contributed by atoms with Crippen molar-refractivity contribution in [1.29, 1.82) is 0 Å². The fourth-order valence-corrected chi connectivity index (χ4v) is 2.65. The Labute approximate surface area is 125 Å². The minimum Gasteiger partial charge on any atom is -0.385 e. The molecule has 6 heteroatoms. The molecule has 6 nitrogen and oxygen atoms in total. The molecule has 2 N–H and O–H groups in total. The van der Waals surface area contributed by atoms with Gasteiger partial charge in [-0.15, -0.1) is 0 Å². The molecule has 0 spiro atoms. The molecule has 21 heavy (non-hydrogen) atoms. The number of hydrogen-bond acceptors (Lipinski definition) is 5. The predicted octanol–water partition coefficient (Wildman–Crippen LogP) is 2.78. The molecule has 0 atom stereocenters. The fraction of sp³-hybridized carbons (Fsp3) is 0.600. The number of nitro benzene ring substituents is 1. The van der Waals surface area contributed by atoms with E-state index < -0.39 is 0 Å². The molecule has 2 rings (SSSR count). The summed E-state index contributed by atoms with van der Waals surface area (Å²) in [5.74, 6) is 0.642. The number of nitro groups is 1. The molecule has 0 unspecified atom stereocenters. The molecular weight excluding hydrogens is 268 g/mol. The monoisotopic (exact) mass is 292 g/mol. The van der Waals surface area contributed by atoms with Crippen molar-refractivity contribution in [3.05, 3.63) is 28.3 Å². The molecular formula is C15H24N4O2. The molecule has 0 aliphatic carbocycles. The maximum Gasteiger partial charge on any atom is 0.273 e. The Hall–Kier alpha value is -1.82. The normalized spacial score (nSPS) is 16.7. The van der Waals surface area contributed by atoms with E-state index in [0.29, 0.717) is 5.92 Å². The van der Waals surface area contributed by atoms with E-state index in [1.165, 1.54) is 12.8 Å². The van der Waals surface area contributed by atoms with Crippen LogP contribution in [0.4, 0.5) is 17.1 Å². The first kappa shape index (κ1) is 15.6. The average Bonchev–Trinajstić information content (AvgIpc) is 2.47. The van der Waals surface area contributed by atoms with Gasteiger partial charge >= 0.3 is 0 Å². The Bertz CT molecular complexity index is 485. The summed E-state index contributed by atoms with van der Waals surface area (Å²) >= 11 is 0. The number of rotatable bonds is 6. The number of likely N-dealkylation sites (tertiary alicyclic amines) is 1. The maximum atomic E-state index is 11.0. The van der Waals surface area contributed by atoms with E-state index in [4.69, 9.17) is 0 Å². The Kier molecular flexibility index (Phi) is 5.38. The molecule has 1 aromatic rings. The van der Waals surface area contributed by atoms with Gasteiger partial charge in [-0.25, -0.2) is 0 Å². The summed E-state index contributed by atoms with van der Waals surface area (Å²) in [7, 11) is 2.15. The molecule has 0 amide bonds. The average molecular weight is 292 g/mol.